The van der Waals surface area contributed by atoms with Crippen LogP contribution in [0.5, 0.6) is 11.5 Å². The molecule has 0 atom stereocenters. The molecule has 0 fully saturated rings. The van der Waals surface area contributed by atoms with E-state index in [1.54, 1.807) is 13.4 Å². The van der Waals surface area contributed by atoms with Crippen molar-refractivity contribution in [2.24, 2.45) is 0 Å². The molecule has 8 nitrogen and oxygen atoms in total. The van der Waals surface area contributed by atoms with E-state index in [1.807, 2.05) is 0 Å². The van der Waals surface area contributed by atoms with E-state index >= 15 is 0 Å². The molecule has 0 aromatic heterocycles. The Kier molecular flexibility index (Phi) is 5.16. The van der Waals surface area contributed by atoms with Crippen LogP contribution in [0.15, 0.2) is 60.9 Å². The predicted octanol–water partition coefficient (Wildman–Crippen LogP) is 3.23. The van der Waals surface area contributed by atoms with E-state index in [4.69, 9.17) is 9.05 Å². The topological polar surface area (TPSA) is 105 Å². The van der Waals surface area contributed by atoms with E-state index in [-0.39, 0.29) is 11.4 Å². The molecule has 0 spiro atoms. The maximum atomic E-state index is 10.7. The molecule has 0 radical (unpaired) electrons. The van der Waals surface area contributed by atoms with Crippen LogP contribution in [0.2, 0.25) is 0 Å². The number of non-ortho nitro benzene ring substituents is 2. The summed E-state index contributed by atoms with van der Waals surface area (Å²) in [5.41, 5.74) is -0.0822. The summed E-state index contributed by atoms with van der Waals surface area (Å²) < 4.78 is 11.6. The number of nitro groups is 2. The zero-order chi connectivity index (χ0) is 17.7. The second kappa shape index (κ2) is 7.10. The Hall–Kier alpha value is -2.93. The van der Waals surface area contributed by atoms with Crippen LogP contribution >= 0.6 is 7.59 Å². The van der Waals surface area contributed by atoms with Crippen LogP contribution in [0.4, 0.5) is 11.4 Å². The molecular formula is C14H14BN2O6P. The van der Waals surface area contributed by atoms with E-state index < -0.39 is 17.4 Å². The SMILES string of the molecule is B[PH](C=C)(Oc1ccc([N+](=O)[O-])cc1)Oc1ccc([N+](=O)[O-])cc1. The number of nitrogens with zero attached hydrogens (tertiary/aromatic N) is 2. The van der Waals surface area contributed by atoms with Gasteiger partial charge in [0.05, 0.1) is 0 Å². The standard InChI is InChI=1S/C14H14BN2O6P/c1-2-24(15,22-13-7-3-11(4-8-13)16(18)19)23-14-9-5-12(6-10-14)17(20)21/h2-10,24H,1,15H2. The second-order valence-corrected chi connectivity index (χ2v) is 7.77. The van der Waals surface area contributed by atoms with E-state index in [9.17, 15) is 20.2 Å². The second-order valence-electron chi connectivity index (χ2n) is 4.93. The van der Waals surface area contributed by atoms with E-state index in [1.165, 1.54) is 48.5 Å². The van der Waals surface area contributed by atoms with Gasteiger partial charge in [0.15, 0.2) is 0 Å². The van der Waals surface area contributed by atoms with Crippen molar-refractivity contribution < 1.29 is 18.9 Å². The van der Waals surface area contributed by atoms with Crippen molar-refractivity contribution in [1.82, 2.24) is 0 Å². The van der Waals surface area contributed by atoms with Gasteiger partial charge in [0.1, 0.15) is 0 Å². The Morgan fingerprint density at radius 3 is 1.46 bits per heavy atom. The van der Waals surface area contributed by atoms with E-state index in [0.717, 1.165) is 0 Å². The number of nitro benzene ring substituents is 2. The molecule has 10 heteroatoms. The van der Waals surface area contributed by atoms with Crippen molar-refractivity contribution in [2.75, 3.05) is 0 Å². The summed E-state index contributed by atoms with van der Waals surface area (Å²) in [6.45, 7) is 3.71. The van der Waals surface area contributed by atoms with Crippen molar-refractivity contribution in [2.45, 2.75) is 0 Å². The molecule has 0 heterocycles. The van der Waals surface area contributed by atoms with Crippen molar-refractivity contribution in [3.8, 4) is 11.5 Å². The molecule has 124 valence electrons. The maximum absolute atomic E-state index is 10.7. The molecule has 0 saturated carbocycles. The van der Waals surface area contributed by atoms with Crippen LogP contribution in [-0.2, 0) is 0 Å². The van der Waals surface area contributed by atoms with Crippen LogP contribution < -0.4 is 9.05 Å². The summed E-state index contributed by atoms with van der Waals surface area (Å²) >= 11 is 0. The first-order valence-corrected chi connectivity index (χ1v) is 9.23. The normalized spacial score (nSPS) is 11.3. The van der Waals surface area contributed by atoms with Crippen molar-refractivity contribution >= 4 is 26.5 Å². The minimum atomic E-state index is -2.87. The fourth-order valence-corrected chi connectivity index (χ4v) is 3.26. The summed E-state index contributed by atoms with van der Waals surface area (Å²) in [5, 5.41) is 21.3. The molecule has 0 bridgehead atoms. The van der Waals surface area contributed by atoms with Crippen LogP contribution in [0.25, 0.3) is 0 Å². The molecule has 0 unspecified atom stereocenters. The summed E-state index contributed by atoms with van der Waals surface area (Å²) in [4.78, 5) is 20.3. The Labute approximate surface area is 138 Å². The van der Waals surface area contributed by atoms with Gasteiger partial charge in [-0.15, -0.1) is 0 Å². The third-order valence-electron chi connectivity index (χ3n) is 3.11. The summed E-state index contributed by atoms with van der Waals surface area (Å²) in [6.07, 6.45) is 0. The van der Waals surface area contributed by atoms with E-state index in [2.05, 4.69) is 6.58 Å². The van der Waals surface area contributed by atoms with Gasteiger partial charge >= 0.3 is 138 Å². The molecular weight excluding hydrogens is 334 g/mol. The Morgan fingerprint density at radius 2 is 1.21 bits per heavy atom. The Morgan fingerprint density at radius 1 is 0.875 bits per heavy atom. The predicted molar refractivity (Wildman–Crippen MR) is 94.5 cm³/mol. The monoisotopic (exact) mass is 348 g/mol. The fourth-order valence-electron chi connectivity index (χ4n) is 1.84. The summed E-state index contributed by atoms with van der Waals surface area (Å²) in [7, 11) is -1.13. The van der Waals surface area contributed by atoms with Gasteiger partial charge in [-0.2, -0.15) is 0 Å². The molecule has 2 aromatic rings. The number of hydrogen-bond donors (Lipinski definition) is 0. The molecule has 0 aliphatic carbocycles. The van der Waals surface area contributed by atoms with E-state index in [0.29, 0.717) is 11.5 Å². The average molecular weight is 348 g/mol. The van der Waals surface area contributed by atoms with Gasteiger partial charge < -0.3 is 0 Å². The van der Waals surface area contributed by atoms with Gasteiger partial charge in [0.2, 0.25) is 0 Å². The summed E-state index contributed by atoms with van der Waals surface area (Å²) in [5.74, 6) is 2.38. The molecule has 0 aliphatic heterocycles. The van der Waals surface area contributed by atoms with Crippen LogP contribution in [0, 0.1) is 20.2 Å². The molecule has 2 rings (SSSR count). The first-order valence-electron chi connectivity index (χ1n) is 6.83. The Bertz CT molecular complexity index is 706. The van der Waals surface area contributed by atoms with Gasteiger partial charge in [0, 0.05) is 0 Å². The average Bonchev–Trinajstić information content (AvgIpc) is 2.55. The zero-order valence-corrected chi connectivity index (χ0v) is 13.7. The first-order chi connectivity index (χ1) is 11.3. The molecule has 0 saturated heterocycles. The van der Waals surface area contributed by atoms with Gasteiger partial charge in [0.25, 0.3) is 0 Å². The molecule has 24 heavy (non-hydrogen) atoms. The van der Waals surface area contributed by atoms with Crippen LogP contribution in [-0.4, -0.2) is 17.4 Å². The Balaban J connectivity index is 2.14. The van der Waals surface area contributed by atoms with Crippen LogP contribution in [0.3, 0.4) is 0 Å². The first kappa shape index (κ1) is 17.4. The molecule has 0 aliphatic rings. The summed E-state index contributed by atoms with van der Waals surface area (Å²) in [6, 6.07) is 11.2. The third kappa shape index (κ3) is 4.30. The van der Waals surface area contributed by atoms with Gasteiger partial charge in [-0.05, 0) is 0 Å². The van der Waals surface area contributed by atoms with Crippen molar-refractivity contribution in [1.29, 1.82) is 0 Å². The van der Waals surface area contributed by atoms with Crippen molar-refractivity contribution in [3.63, 3.8) is 0 Å². The molecule has 2 aromatic carbocycles. The number of rotatable bonds is 7. The van der Waals surface area contributed by atoms with Gasteiger partial charge in [-0.25, -0.2) is 0 Å². The number of benzene rings is 2. The van der Waals surface area contributed by atoms with Crippen molar-refractivity contribution in [3.05, 3.63) is 81.2 Å². The minimum absolute atomic E-state index is 0.0411. The van der Waals surface area contributed by atoms with Crippen LogP contribution in [0.1, 0.15) is 0 Å². The fraction of sp³-hybridized carbons (Fsp3) is 0. The third-order valence-corrected chi connectivity index (χ3v) is 5.13. The van der Waals surface area contributed by atoms with Gasteiger partial charge in [-0.3, -0.25) is 0 Å². The quantitative estimate of drug-likeness (QED) is 0.329. The molecule has 0 amide bonds. The zero-order valence-electron chi connectivity index (χ0n) is 12.7. The number of hydrogen-bond acceptors (Lipinski definition) is 6. The van der Waals surface area contributed by atoms with Gasteiger partial charge in [-0.1, -0.05) is 0 Å². The molecule has 0 N–H and O–H groups in total.